The van der Waals surface area contributed by atoms with Gasteiger partial charge in [-0.15, -0.1) is 0 Å². The highest BCUT2D eigenvalue weighted by Gasteiger charge is 1.99. The van der Waals surface area contributed by atoms with E-state index in [2.05, 4.69) is 25.7 Å². The Morgan fingerprint density at radius 3 is 2.73 bits per heavy atom. The van der Waals surface area contributed by atoms with Crippen LogP contribution in [0.15, 0.2) is 41.9 Å². The van der Waals surface area contributed by atoms with Gasteiger partial charge in [0, 0.05) is 20.2 Å². The summed E-state index contributed by atoms with van der Waals surface area (Å²) in [5.41, 5.74) is 2.11. The summed E-state index contributed by atoms with van der Waals surface area (Å²) in [7, 11) is 1.68. The molecule has 0 aliphatic rings. The first-order valence-electron chi connectivity index (χ1n) is 7.28. The summed E-state index contributed by atoms with van der Waals surface area (Å²) in [4.78, 5) is 8.49. The molecule has 7 heteroatoms. The van der Waals surface area contributed by atoms with Crippen LogP contribution in [0.5, 0.6) is 0 Å². The largest absolute Gasteiger partial charge is 0.383 e. The highest BCUT2D eigenvalue weighted by atomic mass is 16.5. The number of benzene rings is 1. The van der Waals surface area contributed by atoms with Gasteiger partial charge in [-0.2, -0.15) is 5.10 Å². The van der Waals surface area contributed by atoms with Crippen molar-refractivity contribution in [3.05, 3.63) is 42.5 Å². The molecule has 22 heavy (non-hydrogen) atoms. The Balaban J connectivity index is 1.94. The molecule has 1 aromatic carbocycles. The summed E-state index contributed by atoms with van der Waals surface area (Å²) in [6, 6.07) is 8.09. The van der Waals surface area contributed by atoms with E-state index >= 15 is 0 Å². The Bertz CT molecular complexity index is 564. The van der Waals surface area contributed by atoms with Gasteiger partial charge in [0.05, 0.1) is 18.8 Å². The number of guanidine groups is 1. The molecule has 0 amide bonds. The van der Waals surface area contributed by atoms with Crippen molar-refractivity contribution in [1.29, 1.82) is 0 Å². The number of aromatic nitrogens is 3. The van der Waals surface area contributed by atoms with E-state index in [9.17, 15) is 0 Å². The van der Waals surface area contributed by atoms with Crippen LogP contribution in [0.2, 0.25) is 0 Å². The predicted molar refractivity (Wildman–Crippen MR) is 86.1 cm³/mol. The van der Waals surface area contributed by atoms with Crippen LogP contribution >= 0.6 is 0 Å². The van der Waals surface area contributed by atoms with Crippen molar-refractivity contribution in [3.63, 3.8) is 0 Å². The predicted octanol–water partition coefficient (Wildman–Crippen LogP) is 0.969. The average Bonchev–Trinajstić information content (AvgIpc) is 3.08. The van der Waals surface area contributed by atoms with Crippen molar-refractivity contribution < 1.29 is 4.74 Å². The molecule has 2 aromatic rings. The maximum absolute atomic E-state index is 5.02. The van der Waals surface area contributed by atoms with Crippen LogP contribution in [0.1, 0.15) is 12.5 Å². The van der Waals surface area contributed by atoms with Crippen molar-refractivity contribution in [1.82, 2.24) is 25.4 Å². The zero-order chi connectivity index (χ0) is 15.6. The van der Waals surface area contributed by atoms with E-state index in [1.54, 1.807) is 18.1 Å². The number of methoxy groups -OCH3 is 1. The minimum Gasteiger partial charge on any atom is -0.383 e. The van der Waals surface area contributed by atoms with Gasteiger partial charge >= 0.3 is 0 Å². The lowest BCUT2D eigenvalue weighted by atomic mass is 10.2. The fraction of sp³-hybridized carbons (Fsp3) is 0.400. The fourth-order valence-electron chi connectivity index (χ4n) is 1.88. The molecule has 1 heterocycles. The molecule has 0 fully saturated rings. The first-order valence-corrected chi connectivity index (χ1v) is 7.28. The highest BCUT2D eigenvalue weighted by molar-refractivity contribution is 5.79. The van der Waals surface area contributed by atoms with Crippen molar-refractivity contribution >= 4 is 5.96 Å². The minimum atomic E-state index is 0.611. The van der Waals surface area contributed by atoms with E-state index in [4.69, 9.17) is 4.74 Å². The molecule has 0 saturated heterocycles. The topological polar surface area (TPSA) is 76.4 Å². The van der Waals surface area contributed by atoms with E-state index in [1.165, 1.54) is 6.33 Å². The molecule has 0 unspecified atom stereocenters. The van der Waals surface area contributed by atoms with E-state index < -0.39 is 0 Å². The standard InChI is InChI=1S/C15H22N6O/c1-3-17-15(18-8-9-22-2)19-10-13-4-6-14(7-5-13)21-12-16-11-20-21/h4-7,11-12H,3,8-10H2,1-2H3,(H2,17,18,19). The quantitative estimate of drug-likeness (QED) is 0.453. The molecule has 1 aromatic heterocycles. The monoisotopic (exact) mass is 302 g/mol. The smallest absolute Gasteiger partial charge is 0.191 e. The Labute approximate surface area is 130 Å². The van der Waals surface area contributed by atoms with Crippen LogP contribution in [-0.4, -0.2) is 47.5 Å². The maximum atomic E-state index is 5.02. The molecule has 7 nitrogen and oxygen atoms in total. The lowest BCUT2D eigenvalue weighted by Gasteiger charge is -2.10. The van der Waals surface area contributed by atoms with Crippen LogP contribution in [0.25, 0.3) is 5.69 Å². The highest BCUT2D eigenvalue weighted by Crippen LogP contribution is 2.08. The van der Waals surface area contributed by atoms with Crippen LogP contribution in [0.3, 0.4) is 0 Å². The van der Waals surface area contributed by atoms with Gasteiger partial charge < -0.3 is 15.4 Å². The number of nitrogens with zero attached hydrogens (tertiary/aromatic N) is 4. The van der Waals surface area contributed by atoms with Crippen molar-refractivity contribution in [2.75, 3.05) is 26.8 Å². The molecule has 2 rings (SSSR count). The van der Waals surface area contributed by atoms with E-state index in [0.29, 0.717) is 13.2 Å². The SMILES string of the molecule is CCNC(=NCc1ccc(-n2cncn2)cc1)NCCOC. The van der Waals surface area contributed by atoms with Gasteiger partial charge in [0.25, 0.3) is 0 Å². The summed E-state index contributed by atoms with van der Waals surface area (Å²) >= 11 is 0. The normalized spacial score (nSPS) is 11.5. The first-order chi connectivity index (χ1) is 10.8. The van der Waals surface area contributed by atoms with Gasteiger partial charge in [-0.25, -0.2) is 14.7 Å². The third kappa shape index (κ3) is 4.85. The third-order valence-electron chi connectivity index (χ3n) is 2.98. The number of rotatable bonds is 7. The van der Waals surface area contributed by atoms with Crippen LogP contribution in [0, 0.1) is 0 Å². The molecule has 0 bridgehead atoms. The van der Waals surface area contributed by atoms with Gasteiger partial charge in [-0.05, 0) is 24.6 Å². The Morgan fingerprint density at radius 1 is 1.27 bits per heavy atom. The second-order valence-electron chi connectivity index (χ2n) is 4.62. The number of hydrogen-bond acceptors (Lipinski definition) is 4. The number of aliphatic imine (C=N–C) groups is 1. The van der Waals surface area contributed by atoms with E-state index in [0.717, 1.165) is 30.3 Å². The van der Waals surface area contributed by atoms with E-state index in [-0.39, 0.29) is 0 Å². The summed E-state index contributed by atoms with van der Waals surface area (Å²) in [5.74, 6) is 0.792. The molecular weight excluding hydrogens is 280 g/mol. The van der Waals surface area contributed by atoms with Gasteiger partial charge in [0.2, 0.25) is 0 Å². The molecule has 118 valence electrons. The molecule has 2 N–H and O–H groups in total. The zero-order valence-corrected chi connectivity index (χ0v) is 13.0. The maximum Gasteiger partial charge on any atom is 0.191 e. The zero-order valence-electron chi connectivity index (χ0n) is 13.0. The Hall–Kier alpha value is -2.41. The minimum absolute atomic E-state index is 0.611. The Morgan fingerprint density at radius 2 is 2.09 bits per heavy atom. The summed E-state index contributed by atoms with van der Waals surface area (Å²) < 4.78 is 6.75. The average molecular weight is 302 g/mol. The lowest BCUT2D eigenvalue weighted by molar-refractivity contribution is 0.203. The lowest BCUT2D eigenvalue weighted by Crippen LogP contribution is -2.38. The molecule has 0 aliphatic heterocycles. The second kappa shape index (κ2) is 8.78. The van der Waals surface area contributed by atoms with Crippen molar-refractivity contribution in [3.8, 4) is 5.69 Å². The van der Waals surface area contributed by atoms with Gasteiger partial charge in [0.15, 0.2) is 5.96 Å². The summed E-state index contributed by atoms with van der Waals surface area (Å²) in [6.45, 7) is 4.86. The number of hydrogen-bond donors (Lipinski definition) is 2. The molecule has 0 atom stereocenters. The van der Waals surface area contributed by atoms with Crippen LogP contribution in [-0.2, 0) is 11.3 Å². The van der Waals surface area contributed by atoms with Crippen LogP contribution in [0.4, 0.5) is 0 Å². The molecule has 0 aliphatic carbocycles. The molecule has 0 spiro atoms. The second-order valence-corrected chi connectivity index (χ2v) is 4.62. The number of nitrogens with one attached hydrogen (secondary N) is 2. The summed E-state index contributed by atoms with van der Waals surface area (Å²) in [5, 5.41) is 10.5. The molecular formula is C15H22N6O. The third-order valence-corrected chi connectivity index (χ3v) is 2.98. The number of ether oxygens (including phenoxy) is 1. The fourth-order valence-corrected chi connectivity index (χ4v) is 1.88. The molecule has 0 radical (unpaired) electrons. The van der Waals surface area contributed by atoms with Crippen molar-refractivity contribution in [2.24, 2.45) is 4.99 Å². The first kappa shape index (κ1) is 16.0. The van der Waals surface area contributed by atoms with E-state index in [1.807, 2.05) is 31.2 Å². The van der Waals surface area contributed by atoms with Crippen molar-refractivity contribution in [2.45, 2.75) is 13.5 Å². The molecule has 0 saturated carbocycles. The van der Waals surface area contributed by atoms with Gasteiger partial charge in [-0.1, -0.05) is 12.1 Å². The Kier molecular flexibility index (Phi) is 6.38. The van der Waals surface area contributed by atoms with Gasteiger partial charge in [-0.3, -0.25) is 0 Å². The van der Waals surface area contributed by atoms with Gasteiger partial charge in [0.1, 0.15) is 12.7 Å². The summed E-state index contributed by atoms with van der Waals surface area (Å²) in [6.07, 6.45) is 3.20. The van der Waals surface area contributed by atoms with Crippen LogP contribution < -0.4 is 10.6 Å².